The van der Waals surface area contributed by atoms with Crippen molar-refractivity contribution in [1.82, 2.24) is 9.55 Å². The molecule has 0 aliphatic carbocycles. The number of anilines is 2. The van der Waals surface area contributed by atoms with Crippen molar-refractivity contribution in [2.45, 2.75) is 19.0 Å². The number of fused-ring (bicyclic) bond motifs is 3. The third-order valence-electron chi connectivity index (χ3n) is 5.08. The molecule has 8 heteroatoms. The highest BCUT2D eigenvalue weighted by molar-refractivity contribution is 6.30. The lowest BCUT2D eigenvalue weighted by atomic mass is 10.1. The summed E-state index contributed by atoms with van der Waals surface area (Å²) in [4.78, 5) is 32.2. The number of carbonyl (C=O) groups is 2. The molecular weight excluding hydrogens is 404 g/mol. The minimum atomic E-state index is -0.685. The summed E-state index contributed by atoms with van der Waals surface area (Å²) in [5.41, 5.74) is 2.21. The van der Waals surface area contributed by atoms with Crippen LogP contribution in [0.5, 0.6) is 0 Å². The van der Waals surface area contributed by atoms with Crippen LogP contribution in [0.1, 0.15) is 18.2 Å². The van der Waals surface area contributed by atoms with Crippen LogP contribution in [0.4, 0.5) is 11.6 Å². The predicted molar refractivity (Wildman–Crippen MR) is 113 cm³/mol. The van der Waals surface area contributed by atoms with Crippen LogP contribution in [0.2, 0.25) is 5.02 Å². The number of carbonyl (C=O) groups excluding carboxylic acids is 2. The fourth-order valence-corrected chi connectivity index (χ4v) is 3.85. The van der Waals surface area contributed by atoms with Crippen molar-refractivity contribution in [3.8, 4) is 0 Å². The van der Waals surface area contributed by atoms with Gasteiger partial charge in [-0.05, 0) is 48.5 Å². The molecule has 1 atom stereocenters. The van der Waals surface area contributed by atoms with Gasteiger partial charge in [0.25, 0.3) is 5.91 Å². The number of hydrogen-bond donors (Lipinski definition) is 1. The molecule has 1 unspecified atom stereocenters. The number of furan rings is 1. The van der Waals surface area contributed by atoms with E-state index in [4.69, 9.17) is 16.0 Å². The molecule has 2 aromatic heterocycles. The Bertz CT molecular complexity index is 1230. The largest absolute Gasteiger partial charge is 0.467 e. The highest BCUT2D eigenvalue weighted by atomic mass is 35.5. The molecule has 0 spiro atoms. The Labute approximate surface area is 176 Å². The Balaban J connectivity index is 1.46. The van der Waals surface area contributed by atoms with E-state index >= 15 is 0 Å². The quantitative estimate of drug-likeness (QED) is 0.519. The maximum atomic E-state index is 13.3. The number of amides is 2. The van der Waals surface area contributed by atoms with Crippen molar-refractivity contribution in [2.24, 2.45) is 0 Å². The van der Waals surface area contributed by atoms with Gasteiger partial charge in [-0.2, -0.15) is 0 Å². The van der Waals surface area contributed by atoms with Crippen molar-refractivity contribution in [3.05, 3.63) is 77.7 Å². The number of benzene rings is 2. The molecule has 0 saturated carbocycles. The lowest BCUT2D eigenvalue weighted by molar-refractivity contribution is -0.124. The van der Waals surface area contributed by atoms with Gasteiger partial charge in [-0.1, -0.05) is 23.7 Å². The first-order valence-electron chi connectivity index (χ1n) is 9.46. The summed E-state index contributed by atoms with van der Waals surface area (Å²) in [5.74, 6) is 0.709. The number of rotatable bonds is 5. The standard InChI is InChI=1S/C22H17ClN4O3/c23-14-7-9-15(10-8-14)24-20(28)12-19-21(29)26(13-16-4-3-11-30-16)22-25-17-5-1-2-6-18(17)27(19)22/h1-11,19H,12-13H2,(H,24,28). The number of nitrogens with one attached hydrogen (secondary N) is 1. The summed E-state index contributed by atoms with van der Waals surface area (Å²) < 4.78 is 7.25. The highest BCUT2D eigenvalue weighted by Crippen LogP contribution is 2.37. The van der Waals surface area contributed by atoms with E-state index < -0.39 is 6.04 Å². The van der Waals surface area contributed by atoms with Crippen LogP contribution in [0, 0.1) is 0 Å². The Morgan fingerprint density at radius 3 is 2.67 bits per heavy atom. The summed E-state index contributed by atoms with van der Waals surface area (Å²) in [7, 11) is 0. The van der Waals surface area contributed by atoms with Crippen LogP contribution in [0.3, 0.4) is 0 Å². The van der Waals surface area contributed by atoms with Crippen LogP contribution >= 0.6 is 11.6 Å². The zero-order chi connectivity index (χ0) is 20.7. The van der Waals surface area contributed by atoms with Crippen molar-refractivity contribution in [1.29, 1.82) is 0 Å². The summed E-state index contributed by atoms with van der Waals surface area (Å²) in [6, 6.07) is 17.3. The number of para-hydroxylation sites is 2. The van der Waals surface area contributed by atoms with Crippen molar-refractivity contribution >= 4 is 46.1 Å². The predicted octanol–water partition coefficient (Wildman–Crippen LogP) is 4.40. The molecule has 1 aliphatic heterocycles. The molecule has 150 valence electrons. The lowest BCUT2D eigenvalue weighted by Gasteiger charge is -2.15. The highest BCUT2D eigenvalue weighted by Gasteiger charge is 2.41. The van der Waals surface area contributed by atoms with Crippen molar-refractivity contribution in [3.63, 3.8) is 0 Å². The van der Waals surface area contributed by atoms with Crippen molar-refractivity contribution < 1.29 is 14.0 Å². The first-order valence-corrected chi connectivity index (χ1v) is 9.84. The van der Waals surface area contributed by atoms with E-state index in [0.717, 1.165) is 11.0 Å². The fraction of sp³-hybridized carbons (Fsp3) is 0.136. The van der Waals surface area contributed by atoms with E-state index in [0.29, 0.717) is 22.4 Å². The minimum Gasteiger partial charge on any atom is -0.467 e. The SMILES string of the molecule is O=C(CC1C(=O)N(Cc2ccco2)c2nc3ccccc3n21)Nc1ccc(Cl)cc1. The Hall–Kier alpha value is -3.58. The second kappa shape index (κ2) is 7.35. The van der Waals surface area contributed by atoms with Crippen LogP contribution in [0.15, 0.2) is 71.3 Å². The average molecular weight is 421 g/mol. The number of hydrogen-bond acceptors (Lipinski definition) is 4. The van der Waals surface area contributed by atoms with E-state index in [1.54, 1.807) is 47.6 Å². The molecule has 1 aliphatic rings. The minimum absolute atomic E-state index is 0.0104. The van der Waals surface area contributed by atoms with Gasteiger partial charge >= 0.3 is 0 Å². The molecule has 1 N–H and O–H groups in total. The van der Waals surface area contributed by atoms with Crippen LogP contribution in [-0.2, 0) is 16.1 Å². The zero-order valence-electron chi connectivity index (χ0n) is 15.8. The number of halogens is 1. The summed E-state index contributed by atoms with van der Waals surface area (Å²) >= 11 is 5.90. The molecule has 0 saturated heterocycles. The maximum absolute atomic E-state index is 13.3. The molecular formula is C22H17ClN4O3. The van der Waals surface area contributed by atoms with Gasteiger partial charge < -0.3 is 9.73 Å². The molecule has 3 heterocycles. The Morgan fingerprint density at radius 1 is 1.10 bits per heavy atom. The first kappa shape index (κ1) is 18.4. The topological polar surface area (TPSA) is 80.4 Å². The van der Waals surface area contributed by atoms with E-state index in [1.807, 2.05) is 28.8 Å². The molecule has 0 radical (unpaired) electrons. The van der Waals surface area contributed by atoms with E-state index in [1.165, 1.54) is 0 Å². The number of nitrogens with zero attached hydrogens (tertiary/aromatic N) is 3. The molecule has 4 aromatic rings. The third-order valence-corrected chi connectivity index (χ3v) is 5.33. The smallest absolute Gasteiger partial charge is 0.253 e. The van der Waals surface area contributed by atoms with Gasteiger partial charge in [0.15, 0.2) is 0 Å². The van der Waals surface area contributed by atoms with Gasteiger partial charge in [-0.25, -0.2) is 4.98 Å². The fourth-order valence-electron chi connectivity index (χ4n) is 3.72. The Morgan fingerprint density at radius 2 is 1.90 bits per heavy atom. The molecule has 0 fully saturated rings. The van der Waals surface area contributed by atoms with Crippen molar-refractivity contribution in [2.75, 3.05) is 10.2 Å². The summed E-state index contributed by atoms with van der Waals surface area (Å²) in [6.45, 7) is 0.254. The van der Waals surface area contributed by atoms with Crippen LogP contribution in [0.25, 0.3) is 11.0 Å². The monoisotopic (exact) mass is 420 g/mol. The molecule has 0 bridgehead atoms. The van der Waals surface area contributed by atoms with E-state index in [9.17, 15) is 9.59 Å². The summed E-state index contributed by atoms with van der Waals surface area (Å²) in [6.07, 6.45) is 1.55. The molecule has 2 aromatic carbocycles. The zero-order valence-corrected chi connectivity index (χ0v) is 16.5. The number of aromatic nitrogens is 2. The lowest BCUT2D eigenvalue weighted by Crippen LogP contribution is -2.30. The molecule has 5 rings (SSSR count). The first-order chi connectivity index (χ1) is 14.6. The maximum Gasteiger partial charge on any atom is 0.253 e. The van der Waals surface area contributed by atoms with E-state index in [2.05, 4.69) is 10.3 Å². The second-order valence-electron chi connectivity index (χ2n) is 7.05. The molecule has 30 heavy (non-hydrogen) atoms. The van der Waals surface area contributed by atoms with Gasteiger partial charge in [0.2, 0.25) is 11.9 Å². The molecule has 2 amide bonds. The average Bonchev–Trinajstić information content (AvgIpc) is 3.44. The van der Waals surface area contributed by atoms with Gasteiger partial charge in [-0.15, -0.1) is 0 Å². The second-order valence-corrected chi connectivity index (χ2v) is 7.49. The number of imidazole rings is 1. The molecule has 7 nitrogen and oxygen atoms in total. The third kappa shape index (κ3) is 3.23. The van der Waals surface area contributed by atoms with Gasteiger partial charge in [0.1, 0.15) is 11.8 Å². The normalized spacial score (nSPS) is 15.6. The summed E-state index contributed by atoms with van der Waals surface area (Å²) in [5, 5.41) is 3.41. The van der Waals surface area contributed by atoms with Crippen LogP contribution in [-0.4, -0.2) is 21.4 Å². The van der Waals surface area contributed by atoms with Gasteiger partial charge in [0, 0.05) is 10.7 Å². The van der Waals surface area contributed by atoms with E-state index in [-0.39, 0.29) is 24.8 Å². The van der Waals surface area contributed by atoms with Gasteiger partial charge in [0.05, 0.1) is 30.3 Å². The van der Waals surface area contributed by atoms with Gasteiger partial charge in [-0.3, -0.25) is 19.1 Å². The van der Waals surface area contributed by atoms with Crippen LogP contribution < -0.4 is 10.2 Å². The Kier molecular flexibility index (Phi) is 4.52.